The van der Waals surface area contributed by atoms with E-state index in [4.69, 9.17) is 4.74 Å². The quantitative estimate of drug-likeness (QED) is 0.349. The minimum absolute atomic E-state index is 0.0134. The number of halogens is 1. The molecule has 3 aromatic rings. The van der Waals surface area contributed by atoms with Crippen molar-refractivity contribution >= 4 is 39.1 Å². The summed E-state index contributed by atoms with van der Waals surface area (Å²) in [5, 5.41) is 11.0. The van der Waals surface area contributed by atoms with E-state index in [-0.39, 0.29) is 11.3 Å². The highest BCUT2D eigenvalue weighted by Crippen LogP contribution is 2.42. The molecule has 1 N–H and O–H groups in total. The van der Waals surface area contributed by atoms with Crippen LogP contribution in [0.2, 0.25) is 0 Å². The van der Waals surface area contributed by atoms with Crippen molar-refractivity contribution in [1.82, 2.24) is 4.98 Å². The van der Waals surface area contributed by atoms with Crippen LogP contribution in [0, 0.1) is 0 Å². The minimum Gasteiger partial charge on any atom is -0.507 e. The summed E-state index contributed by atoms with van der Waals surface area (Å²) in [5.41, 5.74) is 1.55. The Labute approximate surface area is 181 Å². The van der Waals surface area contributed by atoms with Gasteiger partial charge in [0.1, 0.15) is 11.5 Å². The molecule has 1 atom stereocenters. The van der Waals surface area contributed by atoms with Crippen molar-refractivity contribution in [3.05, 3.63) is 94.2 Å². The predicted octanol–water partition coefficient (Wildman–Crippen LogP) is 4.48. The number of rotatable bonds is 4. The fraction of sp³-hybridized carbons (Fsp3) is 0.0870. The fourth-order valence-corrected chi connectivity index (χ4v) is 3.75. The normalized spacial score (nSPS) is 17.9. The molecule has 1 aliphatic rings. The number of amides is 1. The Hall–Kier alpha value is -3.45. The molecule has 1 fully saturated rings. The zero-order valence-electron chi connectivity index (χ0n) is 15.9. The second-order valence-electron chi connectivity index (χ2n) is 6.66. The lowest BCUT2D eigenvalue weighted by molar-refractivity contribution is -0.132. The van der Waals surface area contributed by atoms with E-state index in [0.29, 0.717) is 22.6 Å². The number of carbonyl (C=O) groups is 2. The van der Waals surface area contributed by atoms with Gasteiger partial charge in [0.05, 0.1) is 30.6 Å². The van der Waals surface area contributed by atoms with Crippen molar-refractivity contribution in [2.24, 2.45) is 0 Å². The van der Waals surface area contributed by atoms with Gasteiger partial charge in [0.2, 0.25) is 0 Å². The van der Waals surface area contributed by atoms with Crippen molar-refractivity contribution in [2.45, 2.75) is 6.04 Å². The number of hydrogen-bond donors (Lipinski definition) is 1. The molecular weight excluding hydrogens is 448 g/mol. The van der Waals surface area contributed by atoms with Gasteiger partial charge in [-0.15, -0.1) is 0 Å². The third kappa shape index (κ3) is 3.48. The first-order valence-electron chi connectivity index (χ1n) is 9.12. The van der Waals surface area contributed by atoms with Gasteiger partial charge in [-0.3, -0.25) is 19.5 Å². The zero-order valence-corrected chi connectivity index (χ0v) is 17.5. The number of carbonyl (C=O) groups excluding carboxylic acids is 2. The number of ketones is 1. The van der Waals surface area contributed by atoms with Crippen molar-refractivity contribution in [3.8, 4) is 5.75 Å². The molecule has 0 saturated carbocycles. The van der Waals surface area contributed by atoms with Crippen LogP contribution < -0.4 is 9.64 Å². The molecular formula is C23H17BrN2O4. The summed E-state index contributed by atoms with van der Waals surface area (Å²) in [4.78, 5) is 31.5. The molecule has 1 amide bonds. The number of aromatic nitrogens is 1. The molecule has 1 saturated heterocycles. The second-order valence-corrected chi connectivity index (χ2v) is 7.58. The van der Waals surface area contributed by atoms with Gasteiger partial charge >= 0.3 is 0 Å². The summed E-state index contributed by atoms with van der Waals surface area (Å²) in [7, 11) is 1.54. The Bertz CT molecular complexity index is 1140. The van der Waals surface area contributed by atoms with Gasteiger partial charge in [0, 0.05) is 16.2 Å². The molecule has 1 unspecified atom stereocenters. The molecule has 1 aliphatic heterocycles. The SMILES string of the molecule is COc1cccc(C2C(=C(O)c3ccc(Br)cc3)C(=O)C(=O)N2c2cccnc2)c1. The summed E-state index contributed by atoms with van der Waals surface area (Å²) in [6.07, 6.45) is 3.10. The topological polar surface area (TPSA) is 79.7 Å². The van der Waals surface area contributed by atoms with Gasteiger partial charge in [0.15, 0.2) is 0 Å². The van der Waals surface area contributed by atoms with Gasteiger partial charge < -0.3 is 9.84 Å². The standard InChI is InChI=1S/C23H17BrN2O4/c1-30-18-6-2-4-15(12-18)20-19(21(27)14-7-9-16(24)10-8-14)22(28)23(29)26(20)17-5-3-11-25-13-17/h2-13,20,27H,1H3. The van der Waals surface area contributed by atoms with E-state index in [2.05, 4.69) is 20.9 Å². The van der Waals surface area contributed by atoms with Crippen molar-refractivity contribution < 1.29 is 19.4 Å². The Morgan fingerprint density at radius 2 is 1.87 bits per heavy atom. The van der Waals surface area contributed by atoms with E-state index in [1.54, 1.807) is 74.0 Å². The monoisotopic (exact) mass is 464 g/mol. The number of ether oxygens (including phenoxy) is 1. The number of pyridine rings is 1. The molecule has 1 aromatic heterocycles. The molecule has 2 heterocycles. The highest BCUT2D eigenvalue weighted by molar-refractivity contribution is 9.10. The third-order valence-corrected chi connectivity index (χ3v) is 5.42. The molecule has 7 heteroatoms. The van der Waals surface area contributed by atoms with Crippen LogP contribution in [0.3, 0.4) is 0 Å². The van der Waals surface area contributed by atoms with Gasteiger partial charge in [-0.1, -0.05) is 40.2 Å². The Kier molecular flexibility index (Phi) is 5.37. The number of aliphatic hydroxyl groups excluding tert-OH is 1. The number of anilines is 1. The van der Waals surface area contributed by atoms with Crippen LogP contribution in [0.1, 0.15) is 17.2 Å². The molecule has 0 bridgehead atoms. The van der Waals surface area contributed by atoms with Crippen LogP contribution in [-0.2, 0) is 9.59 Å². The molecule has 2 aromatic carbocycles. The Balaban J connectivity index is 1.95. The van der Waals surface area contributed by atoms with E-state index in [0.717, 1.165) is 4.47 Å². The van der Waals surface area contributed by atoms with E-state index in [1.165, 1.54) is 11.1 Å². The summed E-state index contributed by atoms with van der Waals surface area (Å²) in [6, 6.07) is 16.5. The average Bonchev–Trinajstić information content (AvgIpc) is 3.05. The summed E-state index contributed by atoms with van der Waals surface area (Å²) >= 11 is 3.36. The molecule has 0 spiro atoms. The highest BCUT2D eigenvalue weighted by atomic mass is 79.9. The summed E-state index contributed by atoms with van der Waals surface area (Å²) in [5.74, 6) is -1.14. The maximum atomic E-state index is 13.0. The first-order valence-corrected chi connectivity index (χ1v) is 9.91. The number of aliphatic hydroxyl groups is 1. The summed E-state index contributed by atoms with van der Waals surface area (Å²) < 4.78 is 6.15. The first kappa shape index (κ1) is 19.8. The van der Waals surface area contributed by atoms with E-state index in [9.17, 15) is 14.7 Å². The zero-order chi connectivity index (χ0) is 21.3. The lowest BCUT2D eigenvalue weighted by Gasteiger charge is -2.25. The summed E-state index contributed by atoms with van der Waals surface area (Å²) in [6.45, 7) is 0. The van der Waals surface area contributed by atoms with Crippen LogP contribution >= 0.6 is 15.9 Å². The fourth-order valence-electron chi connectivity index (χ4n) is 3.49. The van der Waals surface area contributed by atoms with Crippen molar-refractivity contribution in [2.75, 3.05) is 12.0 Å². The van der Waals surface area contributed by atoms with Crippen LogP contribution in [0.15, 0.2) is 83.1 Å². The van der Waals surface area contributed by atoms with Crippen LogP contribution in [0.4, 0.5) is 5.69 Å². The molecule has 0 radical (unpaired) electrons. The van der Waals surface area contributed by atoms with Gasteiger partial charge in [-0.2, -0.15) is 0 Å². The van der Waals surface area contributed by atoms with Crippen molar-refractivity contribution in [3.63, 3.8) is 0 Å². The average molecular weight is 465 g/mol. The second kappa shape index (κ2) is 8.12. The van der Waals surface area contributed by atoms with Crippen LogP contribution in [0.25, 0.3) is 5.76 Å². The smallest absolute Gasteiger partial charge is 0.300 e. The predicted molar refractivity (Wildman–Crippen MR) is 116 cm³/mol. The maximum Gasteiger partial charge on any atom is 0.300 e. The lowest BCUT2D eigenvalue weighted by atomic mass is 9.95. The van der Waals surface area contributed by atoms with Gasteiger partial charge in [-0.25, -0.2) is 0 Å². The first-order chi connectivity index (χ1) is 14.5. The van der Waals surface area contributed by atoms with Gasteiger partial charge in [0.25, 0.3) is 11.7 Å². The van der Waals surface area contributed by atoms with Crippen molar-refractivity contribution in [1.29, 1.82) is 0 Å². The van der Waals surface area contributed by atoms with E-state index < -0.39 is 17.7 Å². The lowest BCUT2D eigenvalue weighted by Crippen LogP contribution is -2.29. The number of benzene rings is 2. The molecule has 6 nitrogen and oxygen atoms in total. The number of methoxy groups -OCH3 is 1. The molecule has 150 valence electrons. The minimum atomic E-state index is -0.826. The van der Waals surface area contributed by atoms with Crippen LogP contribution in [-0.4, -0.2) is 28.9 Å². The van der Waals surface area contributed by atoms with Gasteiger partial charge in [-0.05, 0) is 42.0 Å². The third-order valence-electron chi connectivity index (χ3n) is 4.90. The Morgan fingerprint density at radius 1 is 1.10 bits per heavy atom. The Morgan fingerprint density at radius 3 is 2.53 bits per heavy atom. The molecule has 0 aliphatic carbocycles. The number of nitrogens with zero attached hydrogens (tertiary/aromatic N) is 2. The largest absolute Gasteiger partial charge is 0.507 e. The van der Waals surface area contributed by atoms with Crippen LogP contribution in [0.5, 0.6) is 5.75 Å². The molecule has 4 rings (SSSR count). The molecule has 30 heavy (non-hydrogen) atoms. The number of hydrogen-bond acceptors (Lipinski definition) is 5. The number of Topliss-reactive ketones (excluding diaryl/α,β-unsaturated/α-hetero) is 1. The maximum absolute atomic E-state index is 13.0. The van der Waals surface area contributed by atoms with E-state index >= 15 is 0 Å². The van der Waals surface area contributed by atoms with E-state index in [1.807, 2.05) is 0 Å². The highest BCUT2D eigenvalue weighted by Gasteiger charge is 2.47.